The van der Waals surface area contributed by atoms with Crippen LogP contribution in [0, 0.1) is 6.92 Å². The lowest BCUT2D eigenvalue weighted by molar-refractivity contribution is 0.0888. The average Bonchev–Trinajstić information content (AvgIpc) is 2.72. The first-order valence-corrected chi connectivity index (χ1v) is 6.77. The Balaban J connectivity index is 2.09. The second-order valence-corrected chi connectivity index (χ2v) is 5.06. The van der Waals surface area contributed by atoms with Gasteiger partial charge in [0.15, 0.2) is 11.6 Å². The fourth-order valence-corrected chi connectivity index (χ4v) is 2.72. The molecular weight excluding hydrogens is 250 g/mol. The number of rotatable bonds is 2. The van der Waals surface area contributed by atoms with Crippen LogP contribution in [0.3, 0.4) is 0 Å². The Bertz CT molecular complexity index is 684. The van der Waals surface area contributed by atoms with E-state index >= 15 is 0 Å². The van der Waals surface area contributed by atoms with Crippen LogP contribution < -0.4 is 0 Å². The van der Waals surface area contributed by atoms with Gasteiger partial charge in [0.1, 0.15) is 5.92 Å². The molecule has 3 rings (SSSR count). The molecule has 1 aliphatic carbocycles. The van der Waals surface area contributed by atoms with Gasteiger partial charge >= 0.3 is 0 Å². The Hall–Kier alpha value is -2.29. The number of hydrogen-bond donors (Lipinski definition) is 0. The van der Waals surface area contributed by atoms with E-state index in [4.69, 9.17) is 0 Å². The van der Waals surface area contributed by atoms with Crippen molar-refractivity contribution < 1.29 is 9.59 Å². The number of Topliss-reactive ketones (excluding diaryl/α,β-unsaturated/α-hetero) is 2. The number of aromatic nitrogens is 1. The van der Waals surface area contributed by atoms with E-state index in [0.29, 0.717) is 16.8 Å². The molecule has 3 heteroatoms. The third-order valence-electron chi connectivity index (χ3n) is 3.84. The van der Waals surface area contributed by atoms with E-state index in [-0.39, 0.29) is 11.6 Å². The molecule has 1 aliphatic rings. The van der Waals surface area contributed by atoms with Crippen molar-refractivity contribution in [1.82, 2.24) is 4.98 Å². The predicted octanol–water partition coefficient (Wildman–Crippen LogP) is 3.12. The van der Waals surface area contributed by atoms with Gasteiger partial charge in [0, 0.05) is 16.8 Å². The minimum absolute atomic E-state index is 0.135. The van der Waals surface area contributed by atoms with E-state index in [9.17, 15) is 9.59 Å². The Morgan fingerprint density at radius 3 is 2.15 bits per heavy atom. The topological polar surface area (TPSA) is 47.0 Å². The van der Waals surface area contributed by atoms with Crippen LogP contribution in [0.1, 0.15) is 50.5 Å². The molecule has 0 unspecified atom stereocenters. The number of carbonyl (C=O) groups excluding carboxylic acids is 2. The van der Waals surface area contributed by atoms with Crippen LogP contribution in [-0.4, -0.2) is 16.6 Å². The van der Waals surface area contributed by atoms with Crippen LogP contribution in [0.4, 0.5) is 0 Å². The van der Waals surface area contributed by atoms with Gasteiger partial charge in [-0.05, 0) is 25.0 Å². The SMILES string of the molecule is CCc1nc(C2C(=O)c3ccccc3C2=O)ccc1C. The standard InChI is InChI=1S/C17H15NO2/c1-3-13-10(2)8-9-14(18-13)15-16(19)11-6-4-5-7-12(11)17(15)20/h4-9,15H,3H2,1-2H3. The van der Waals surface area contributed by atoms with Crippen LogP contribution in [0.15, 0.2) is 36.4 Å². The molecule has 0 N–H and O–H groups in total. The molecule has 0 saturated heterocycles. The van der Waals surface area contributed by atoms with Crippen LogP contribution >= 0.6 is 0 Å². The third-order valence-corrected chi connectivity index (χ3v) is 3.84. The van der Waals surface area contributed by atoms with Crippen LogP contribution in [0.2, 0.25) is 0 Å². The smallest absolute Gasteiger partial charge is 0.180 e. The molecule has 0 fully saturated rings. The molecule has 3 nitrogen and oxygen atoms in total. The maximum Gasteiger partial charge on any atom is 0.180 e. The quantitative estimate of drug-likeness (QED) is 0.784. The van der Waals surface area contributed by atoms with Crippen LogP contribution in [-0.2, 0) is 6.42 Å². The molecule has 0 saturated carbocycles. The fraction of sp³-hybridized carbons (Fsp3) is 0.235. The number of carbonyl (C=O) groups is 2. The largest absolute Gasteiger partial charge is 0.293 e. The fourth-order valence-electron chi connectivity index (χ4n) is 2.72. The molecule has 100 valence electrons. The first kappa shape index (κ1) is 12.7. The summed E-state index contributed by atoms with van der Waals surface area (Å²) in [4.78, 5) is 29.4. The van der Waals surface area contributed by atoms with Crippen LogP contribution in [0.25, 0.3) is 0 Å². The molecule has 2 aromatic rings. The summed E-state index contributed by atoms with van der Waals surface area (Å²) in [6, 6.07) is 10.7. The second kappa shape index (κ2) is 4.67. The van der Waals surface area contributed by atoms with Gasteiger partial charge in [-0.2, -0.15) is 0 Å². The molecule has 20 heavy (non-hydrogen) atoms. The van der Waals surface area contributed by atoms with E-state index in [1.807, 2.05) is 19.9 Å². The van der Waals surface area contributed by atoms with Crippen molar-refractivity contribution in [1.29, 1.82) is 0 Å². The lowest BCUT2D eigenvalue weighted by Crippen LogP contribution is -2.15. The summed E-state index contributed by atoms with van der Waals surface area (Å²) in [6.07, 6.45) is 0.793. The summed E-state index contributed by atoms with van der Waals surface area (Å²) in [5, 5.41) is 0. The van der Waals surface area contributed by atoms with Gasteiger partial charge in [-0.25, -0.2) is 0 Å². The van der Waals surface area contributed by atoms with Gasteiger partial charge in [-0.15, -0.1) is 0 Å². The van der Waals surface area contributed by atoms with Gasteiger partial charge in [0.25, 0.3) is 0 Å². The van der Waals surface area contributed by atoms with E-state index in [1.165, 1.54) is 0 Å². The lowest BCUT2D eigenvalue weighted by atomic mass is 9.98. The molecule has 1 aromatic carbocycles. The molecule has 0 atom stereocenters. The van der Waals surface area contributed by atoms with E-state index in [1.54, 1.807) is 30.3 Å². The highest BCUT2D eigenvalue weighted by Crippen LogP contribution is 2.33. The van der Waals surface area contributed by atoms with Gasteiger partial charge < -0.3 is 0 Å². The number of aryl methyl sites for hydroxylation is 2. The summed E-state index contributed by atoms with van der Waals surface area (Å²) < 4.78 is 0. The van der Waals surface area contributed by atoms with Gasteiger partial charge in [-0.1, -0.05) is 37.3 Å². The van der Waals surface area contributed by atoms with Crippen molar-refractivity contribution in [2.45, 2.75) is 26.2 Å². The van der Waals surface area contributed by atoms with Crippen molar-refractivity contribution in [3.05, 3.63) is 64.5 Å². The Morgan fingerprint density at radius 1 is 1.00 bits per heavy atom. The number of ketones is 2. The van der Waals surface area contributed by atoms with Crippen LogP contribution in [0.5, 0.6) is 0 Å². The molecule has 1 aromatic heterocycles. The van der Waals surface area contributed by atoms with Gasteiger partial charge in [-0.3, -0.25) is 14.6 Å². The molecule has 0 aliphatic heterocycles. The van der Waals surface area contributed by atoms with Gasteiger partial charge in [0.2, 0.25) is 0 Å². The number of fused-ring (bicyclic) bond motifs is 1. The molecular formula is C17H15NO2. The minimum Gasteiger partial charge on any atom is -0.293 e. The van der Waals surface area contributed by atoms with Crippen molar-refractivity contribution >= 4 is 11.6 Å². The predicted molar refractivity (Wildman–Crippen MR) is 76.2 cm³/mol. The molecule has 0 spiro atoms. The number of benzene rings is 1. The maximum atomic E-state index is 12.4. The summed E-state index contributed by atoms with van der Waals surface area (Å²) in [7, 11) is 0. The summed E-state index contributed by atoms with van der Waals surface area (Å²) in [5.41, 5.74) is 3.63. The van der Waals surface area contributed by atoms with E-state index < -0.39 is 5.92 Å². The zero-order chi connectivity index (χ0) is 14.3. The first-order chi connectivity index (χ1) is 9.63. The van der Waals surface area contributed by atoms with Gasteiger partial charge in [0.05, 0.1) is 5.69 Å². The average molecular weight is 265 g/mol. The van der Waals surface area contributed by atoms with Crippen molar-refractivity contribution in [3.63, 3.8) is 0 Å². The van der Waals surface area contributed by atoms with E-state index in [2.05, 4.69) is 4.98 Å². The number of pyridine rings is 1. The normalized spacial score (nSPS) is 14.7. The zero-order valence-electron chi connectivity index (χ0n) is 11.5. The molecule has 1 heterocycles. The molecule has 0 amide bonds. The highest BCUT2D eigenvalue weighted by molar-refractivity contribution is 6.29. The number of nitrogens with zero attached hydrogens (tertiary/aromatic N) is 1. The molecule has 0 radical (unpaired) electrons. The summed E-state index contributed by atoms with van der Waals surface area (Å²) in [6.45, 7) is 4.01. The summed E-state index contributed by atoms with van der Waals surface area (Å²) in [5.74, 6) is -1.04. The Morgan fingerprint density at radius 2 is 1.60 bits per heavy atom. The summed E-state index contributed by atoms with van der Waals surface area (Å²) >= 11 is 0. The third kappa shape index (κ3) is 1.78. The van der Waals surface area contributed by atoms with Crippen molar-refractivity contribution in [3.8, 4) is 0 Å². The van der Waals surface area contributed by atoms with Crippen molar-refractivity contribution in [2.24, 2.45) is 0 Å². The van der Waals surface area contributed by atoms with Crippen molar-refractivity contribution in [2.75, 3.05) is 0 Å². The monoisotopic (exact) mass is 265 g/mol. The zero-order valence-corrected chi connectivity index (χ0v) is 11.5. The highest BCUT2D eigenvalue weighted by Gasteiger charge is 2.40. The lowest BCUT2D eigenvalue weighted by Gasteiger charge is -2.10. The Kier molecular flexibility index (Phi) is 2.97. The Labute approximate surface area is 117 Å². The maximum absolute atomic E-state index is 12.4. The molecule has 0 bridgehead atoms. The second-order valence-electron chi connectivity index (χ2n) is 5.06. The van der Waals surface area contributed by atoms with E-state index in [0.717, 1.165) is 17.7 Å². The number of hydrogen-bond acceptors (Lipinski definition) is 3. The first-order valence-electron chi connectivity index (χ1n) is 6.77. The highest BCUT2D eigenvalue weighted by atomic mass is 16.2. The minimum atomic E-state index is -0.765.